The predicted octanol–water partition coefficient (Wildman–Crippen LogP) is 7.12. The van der Waals surface area contributed by atoms with E-state index < -0.39 is 19.0 Å². The molecule has 3 aliphatic rings. The van der Waals surface area contributed by atoms with Crippen LogP contribution in [0.1, 0.15) is 51.5 Å². The van der Waals surface area contributed by atoms with E-state index in [2.05, 4.69) is 19.2 Å². The van der Waals surface area contributed by atoms with E-state index in [4.69, 9.17) is 4.65 Å². The van der Waals surface area contributed by atoms with E-state index in [1.54, 1.807) is 12.1 Å². The van der Waals surface area contributed by atoms with Gasteiger partial charge in [0.1, 0.15) is 5.75 Å². The van der Waals surface area contributed by atoms with Crippen LogP contribution in [0.5, 0.6) is 5.75 Å². The molecule has 44 heavy (non-hydrogen) atoms. The number of anilines is 3. The zero-order chi connectivity index (χ0) is 30.8. The summed E-state index contributed by atoms with van der Waals surface area (Å²) < 4.78 is 6.15. The van der Waals surface area contributed by atoms with E-state index in [1.165, 1.54) is 16.0 Å². The van der Waals surface area contributed by atoms with E-state index in [0.717, 1.165) is 41.8 Å². The topological polar surface area (TPSA) is 99.1 Å². The largest absolute Gasteiger partial charge is 0.507 e. The molecule has 226 valence electrons. The SMILES string of the molecule is CCC1=C2[C@@H](CC/C(=C/c3ccccc3O)CC)OB(O)C[C@@H]2[C@@H]2C(=O)N(c3ccc(Nc4ccccc4)cc3)C(=O)[C@@H]2C1. The molecule has 2 heterocycles. The number of allylic oxidation sites excluding steroid dienone is 2. The van der Waals surface area contributed by atoms with Crippen LogP contribution in [0.25, 0.3) is 6.08 Å². The molecule has 0 spiro atoms. The highest BCUT2D eigenvalue weighted by Crippen LogP contribution is 2.52. The molecule has 0 unspecified atom stereocenters. The van der Waals surface area contributed by atoms with Crippen molar-refractivity contribution in [2.75, 3.05) is 10.2 Å². The van der Waals surface area contributed by atoms with Crippen molar-refractivity contribution in [3.05, 3.63) is 101 Å². The van der Waals surface area contributed by atoms with Gasteiger partial charge in [-0.15, -0.1) is 0 Å². The first-order valence-corrected chi connectivity index (χ1v) is 15.7. The Morgan fingerprint density at radius 1 is 0.955 bits per heavy atom. The average molecular weight is 591 g/mol. The smallest absolute Gasteiger partial charge is 0.455 e. The highest BCUT2D eigenvalue weighted by molar-refractivity contribution is 6.43. The molecule has 3 aromatic carbocycles. The Hall–Kier alpha value is -4.14. The lowest BCUT2D eigenvalue weighted by molar-refractivity contribution is -0.122. The molecule has 3 N–H and O–H groups in total. The van der Waals surface area contributed by atoms with Crippen LogP contribution in [-0.2, 0) is 14.2 Å². The fourth-order valence-corrected chi connectivity index (χ4v) is 7.24. The molecule has 0 aromatic heterocycles. The van der Waals surface area contributed by atoms with Crippen LogP contribution < -0.4 is 10.2 Å². The standard InChI is InChI=1S/C36H39BN2O5/c1-3-23(20-25-10-8-9-13-31(25)40)14-19-32-33-24(4-2)21-29-34(30(33)22-37(43)44-32)36(42)39(35(29)41)28-17-15-27(16-18-28)38-26-11-6-5-7-12-26/h5-13,15-18,20,29-30,32,34,38,40,43H,3-4,14,19,21-22H2,1-2H3/b23-20+/t29-,30+,32-,34-/m1/s1. The highest BCUT2D eigenvalue weighted by Gasteiger charge is 2.57. The Morgan fingerprint density at radius 2 is 1.66 bits per heavy atom. The van der Waals surface area contributed by atoms with Crippen LogP contribution in [0.3, 0.4) is 0 Å². The molecule has 8 heteroatoms. The fourth-order valence-electron chi connectivity index (χ4n) is 7.24. The van der Waals surface area contributed by atoms with Crippen molar-refractivity contribution < 1.29 is 24.4 Å². The summed E-state index contributed by atoms with van der Waals surface area (Å²) in [6.45, 7) is 4.18. The number of phenols is 1. The second kappa shape index (κ2) is 12.8. The Kier molecular flexibility index (Phi) is 8.73. The van der Waals surface area contributed by atoms with E-state index in [0.29, 0.717) is 24.8 Å². The van der Waals surface area contributed by atoms with E-state index in [-0.39, 0.29) is 29.6 Å². The normalized spacial score (nSPS) is 23.6. The first-order chi connectivity index (χ1) is 21.4. The summed E-state index contributed by atoms with van der Waals surface area (Å²) in [6, 6.07) is 24.5. The highest BCUT2D eigenvalue weighted by atomic mass is 16.5. The number of rotatable bonds is 9. The van der Waals surface area contributed by atoms with Crippen molar-refractivity contribution in [1.29, 1.82) is 0 Å². The zero-order valence-corrected chi connectivity index (χ0v) is 25.3. The molecule has 2 amide bonds. The lowest BCUT2D eigenvalue weighted by atomic mass is 9.58. The summed E-state index contributed by atoms with van der Waals surface area (Å²) in [7, 11) is -1.00. The molecule has 0 saturated carbocycles. The van der Waals surface area contributed by atoms with Crippen molar-refractivity contribution in [1.82, 2.24) is 0 Å². The molecule has 6 rings (SSSR count). The molecule has 0 bridgehead atoms. The van der Waals surface area contributed by atoms with Crippen LogP contribution >= 0.6 is 0 Å². The van der Waals surface area contributed by atoms with Gasteiger partial charge in [-0.25, -0.2) is 0 Å². The molecule has 3 aromatic rings. The van der Waals surface area contributed by atoms with Crippen LogP contribution in [0, 0.1) is 17.8 Å². The van der Waals surface area contributed by atoms with Crippen molar-refractivity contribution >= 4 is 42.1 Å². The summed E-state index contributed by atoms with van der Waals surface area (Å²) in [6.07, 6.45) is 5.49. The van der Waals surface area contributed by atoms with Gasteiger partial charge < -0.3 is 20.1 Å². The lowest BCUT2D eigenvalue weighted by Crippen LogP contribution is -2.46. The monoisotopic (exact) mass is 590 g/mol. The molecular weight excluding hydrogens is 551 g/mol. The number of carbonyl (C=O) groups excluding carboxylic acids is 2. The van der Waals surface area contributed by atoms with Crippen LogP contribution in [0.2, 0.25) is 6.32 Å². The third kappa shape index (κ3) is 5.84. The summed E-state index contributed by atoms with van der Waals surface area (Å²) in [5.41, 5.74) is 6.61. The number of para-hydroxylation sites is 2. The number of aromatic hydroxyl groups is 1. The van der Waals surface area contributed by atoms with Crippen molar-refractivity contribution in [3.8, 4) is 5.75 Å². The zero-order valence-electron chi connectivity index (χ0n) is 25.3. The molecule has 2 fully saturated rings. The Labute approximate surface area is 259 Å². The van der Waals surface area contributed by atoms with E-state index in [9.17, 15) is 19.7 Å². The van der Waals surface area contributed by atoms with Gasteiger partial charge in [-0.2, -0.15) is 0 Å². The van der Waals surface area contributed by atoms with E-state index in [1.807, 2.05) is 72.8 Å². The van der Waals surface area contributed by atoms with Gasteiger partial charge in [0.25, 0.3) is 0 Å². The lowest BCUT2D eigenvalue weighted by Gasteiger charge is -2.43. The number of fused-ring (bicyclic) bond motifs is 3. The summed E-state index contributed by atoms with van der Waals surface area (Å²) in [5, 5.41) is 24.5. The third-order valence-electron chi connectivity index (χ3n) is 9.40. The maximum absolute atomic E-state index is 14.0. The third-order valence-corrected chi connectivity index (χ3v) is 9.40. The molecule has 0 radical (unpaired) electrons. The number of nitrogens with zero attached hydrogens (tertiary/aromatic N) is 1. The van der Waals surface area contributed by atoms with Gasteiger partial charge in [0.2, 0.25) is 11.8 Å². The molecule has 2 saturated heterocycles. The maximum Gasteiger partial charge on any atom is 0.455 e. The first-order valence-electron chi connectivity index (χ1n) is 15.7. The van der Waals surface area contributed by atoms with Gasteiger partial charge in [-0.1, -0.05) is 67.5 Å². The fraction of sp³-hybridized carbons (Fsp3) is 0.333. The van der Waals surface area contributed by atoms with Crippen molar-refractivity contribution in [3.63, 3.8) is 0 Å². The molecule has 2 aliphatic heterocycles. The van der Waals surface area contributed by atoms with Gasteiger partial charge in [-0.3, -0.25) is 14.5 Å². The van der Waals surface area contributed by atoms with Gasteiger partial charge in [0.15, 0.2) is 0 Å². The second-order valence-corrected chi connectivity index (χ2v) is 12.0. The minimum atomic E-state index is -1.00. The van der Waals surface area contributed by atoms with Gasteiger partial charge in [0, 0.05) is 16.9 Å². The van der Waals surface area contributed by atoms with Crippen LogP contribution in [-0.4, -0.2) is 35.2 Å². The molecule has 7 nitrogen and oxygen atoms in total. The Bertz CT molecular complexity index is 1590. The summed E-state index contributed by atoms with van der Waals surface area (Å²) in [5.74, 6) is -1.31. The number of amides is 2. The summed E-state index contributed by atoms with van der Waals surface area (Å²) in [4.78, 5) is 29.2. The first kappa shape index (κ1) is 29.9. The number of hydrogen-bond donors (Lipinski definition) is 3. The summed E-state index contributed by atoms with van der Waals surface area (Å²) >= 11 is 0. The quantitative estimate of drug-likeness (QED) is 0.139. The number of nitrogens with one attached hydrogen (secondary N) is 1. The molecule has 4 atom stereocenters. The van der Waals surface area contributed by atoms with E-state index >= 15 is 0 Å². The van der Waals surface area contributed by atoms with Crippen LogP contribution in [0.4, 0.5) is 17.1 Å². The van der Waals surface area contributed by atoms with Gasteiger partial charge in [0.05, 0.1) is 23.6 Å². The number of phenolic OH excluding ortho intramolecular Hbond substituents is 1. The predicted molar refractivity (Wildman–Crippen MR) is 174 cm³/mol. The maximum atomic E-state index is 14.0. The Balaban J connectivity index is 1.23. The van der Waals surface area contributed by atoms with Crippen molar-refractivity contribution in [2.24, 2.45) is 17.8 Å². The number of imide groups is 1. The van der Waals surface area contributed by atoms with Gasteiger partial charge in [-0.05, 0) is 92.4 Å². The second-order valence-electron chi connectivity index (χ2n) is 12.0. The number of carbonyl (C=O) groups is 2. The Morgan fingerprint density at radius 3 is 2.36 bits per heavy atom. The van der Waals surface area contributed by atoms with Crippen molar-refractivity contribution in [2.45, 2.75) is 58.4 Å². The van der Waals surface area contributed by atoms with Crippen LogP contribution in [0.15, 0.2) is 95.6 Å². The molecule has 1 aliphatic carbocycles. The minimum absolute atomic E-state index is 0.162. The molecular formula is C36H39BN2O5. The number of benzene rings is 3. The van der Waals surface area contributed by atoms with Gasteiger partial charge >= 0.3 is 7.12 Å². The minimum Gasteiger partial charge on any atom is -0.507 e. The number of hydrogen-bond acceptors (Lipinski definition) is 6. The average Bonchev–Trinajstić information content (AvgIpc) is 3.29.